The fourth-order valence-electron chi connectivity index (χ4n) is 2.52. The Bertz CT molecular complexity index is 863. The summed E-state index contributed by atoms with van der Waals surface area (Å²) in [5, 5.41) is 11.0. The second-order valence-corrected chi connectivity index (χ2v) is 6.64. The fraction of sp³-hybridized carbons (Fsp3) is 0.278. The summed E-state index contributed by atoms with van der Waals surface area (Å²) in [5.41, 5.74) is -0.543. The highest BCUT2D eigenvalue weighted by molar-refractivity contribution is 6.39. The van der Waals surface area contributed by atoms with Gasteiger partial charge in [0.1, 0.15) is 17.3 Å². The molecule has 5 nitrogen and oxygen atoms in total. The van der Waals surface area contributed by atoms with E-state index in [0.717, 1.165) is 18.2 Å². The van der Waals surface area contributed by atoms with Crippen LogP contribution in [0.15, 0.2) is 30.3 Å². The zero-order valence-electron chi connectivity index (χ0n) is 14.9. The first-order valence-electron chi connectivity index (χ1n) is 8.23. The van der Waals surface area contributed by atoms with Crippen molar-refractivity contribution in [3.05, 3.63) is 57.6 Å². The predicted molar refractivity (Wildman–Crippen MR) is 101 cm³/mol. The number of hydrogen-bond acceptors (Lipinski definition) is 4. The van der Waals surface area contributed by atoms with Crippen LogP contribution in [0.3, 0.4) is 0 Å². The van der Waals surface area contributed by atoms with E-state index in [2.05, 4.69) is 10.2 Å². The summed E-state index contributed by atoms with van der Waals surface area (Å²) >= 11 is 11.8. The third kappa shape index (κ3) is 5.72. The van der Waals surface area contributed by atoms with Gasteiger partial charge in [0.05, 0.1) is 28.3 Å². The molecular formula is C18H16Cl2F4N2O3. The molecule has 2 rings (SSSR count). The van der Waals surface area contributed by atoms with Gasteiger partial charge in [-0.05, 0) is 25.1 Å². The van der Waals surface area contributed by atoms with Crippen molar-refractivity contribution in [3.8, 4) is 0 Å². The smallest absolute Gasteiger partial charge is 0.365 e. The van der Waals surface area contributed by atoms with Crippen LogP contribution in [0.2, 0.25) is 10.0 Å². The van der Waals surface area contributed by atoms with Crippen LogP contribution in [0, 0.1) is 11.6 Å². The Balaban J connectivity index is 2.44. The number of aliphatic hydroxyl groups is 1. The van der Waals surface area contributed by atoms with E-state index in [4.69, 9.17) is 28.3 Å². The number of amides is 1. The lowest BCUT2D eigenvalue weighted by Gasteiger charge is -2.26. The number of aliphatic hydroxyl groups excluding tert-OH is 1. The summed E-state index contributed by atoms with van der Waals surface area (Å²) in [7, 11) is 0. The Morgan fingerprint density at radius 3 is 2.34 bits per heavy atom. The molecule has 0 aliphatic rings. The molecule has 0 heterocycles. The summed E-state index contributed by atoms with van der Waals surface area (Å²) in [6, 6.07) is 4.95. The lowest BCUT2D eigenvalue weighted by Crippen LogP contribution is -2.30. The number of halogens is 6. The van der Waals surface area contributed by atoms with Crippen LogP contribution in [0.4, 0.5) is 28.9 Å². The number of nitrogens with one attached hydrogen (secondary N) is 1. The van der Waals surface area contributed by atoms with Gasteiger partial charge in [-0.2, -0.15) is 13.6 Å². The highest BCUT2D eigenvalue weighted by Gasteiger charge is 2.25. The van der Waals surface area contributed by atoms with Gasteiger partial charge in [-0.3, -0.25) is 4.79 Å². The molecule has 0 bridgehead atoms. The lowest BCUT2D eigenvalue weighted by atomic mass is 9.99. The van der Waals surface area contributed by atoms with Gasteiger partial charge in [0, 0.05) is 18.2 Å². The van der Waals surface area contributed by atoms with Crippen molar-refractivity contribution in [2.75, 3.05) is 18.2 Å². The number of carbonyl (C=O) groups is 1. The van der Waals surface area contributed by atoms with Gasteiger partial charge in [-0.15, -0.1) is 0 Å². The van der Waals surface area contributed by atoms with Crippen molar-refractivity contribution in [1.82, 2.24) is 5.32 Å². The lowest BCUT2D eigenvalue weighted by molar-refractivity contribution is -0.129. The van der Waals surface area contributed by atoms with E-state index < -0.39 is 30.1 Å². The zero-order valence-corrected chi connectivity index (χ0v) is 16.4. The molecule has 158 valence electrons. The van der Waals surface area contributed by atoms with Gasteiger partial charge >= 0.3 is 6.61 Å². The predicted octanol–water partition coefficient (Wildman–Crippen LogP) is 4.78. The number of alkyl halides is 2. The third-order valence-corrected chi connectivity index (χ3v) is 4.44. The SMILES string of the molecule is CC(C(=O)NCCO)c1ccc(N(OC(F)F)c2c(Cl)cc(F)cc2Cl)cc1F. The number of benzene rings is 2. The first-order valence-corrected chi connectivity index (χ1v) is 8.99. The van der Waals surface area contributed by atoms with Crippen LogP contribution in [-0.2, 0) is 9.63 Å². The molecule has 0 aliphatic heterocycles. The Morgan fingerprint density at radius 2 is 1.83 bits per heavy atom. The van der Waals surface area contributed by atoms with Crippen LogP contribution in [0.5, 0.6) is 0 Å². The van der Waals surface area contributed by atoms with Gasteiger partial charge < -0.3 is 10.4 Å². The molecule has 0 spiro atoms. The van der Waals surface area contributed by atoms with Crippen LogP contribution < -0.4 is 10.4 Å². The molecule has 1 amide bonds. The molecule has 0 saturated heterocycles. The van der Waals surface area contributed by atoms with Crippen molar-refractivity contribution in [1.29, 1.82) is 0 Å². The number of hydrogen-bond donors (Lipinski definition) is 2. The summed E-state index contributed by atoms with van der Waals surface area (Å²) in [6.07, 6.45) is 0. The van der Waals surface area contributed by atoms with Crippen molar-refractivity contribution >= 4 is 40.5 Å². The zero-order chi connectivity index (χ0) is 21.7. The average molecular weight is 455 g/mol. The highest BCUT2D eigenvalue weighted by atomic mass is 35.5. The van der Waals surface area contributed by atoms with E-state index in [1.807, 2.05) is 0 Å². The molecule has 2 aromatic carbocycles. The van der Waals surface area contributed by atoms with Gasteiger partial charge in [0.15, 0.2) is 0 Å². The first kappa shape index (κ1) is 23.2. The molecule has 2 aromatic rings. The number of carbonyl (C=O) groups excluding carboxylic acids is 1. The summed E-state index contributed by atoms with van der Waals surface area (Å²) in [5.74, 6) is -3.13. The van der Waals surface area contributed by atoms with E-state index >= 15 is 0 Å². The maximum atomic E-state index is 14.6. The molecule has 0 saturated carbocycles. The Labute approximate surface area is 173 Å². The van der Waals surface area contributed by atoms with E-state index in [-0.39, 0.29) is 40.1 Å². The molecule has 29 heavy (non-hydrogen) atoms. The molecule has 0 aliphatic carbocycles. The molecule has 0 fully saturated rings. The molecule has 0 aromatic heterocycles. The van der Waals surface area contributed by atoms with Gasteiger partial charge in [0.2, 0.25) is 5.91 Å². The fourth-order valence-corrected chi connectivity index (χ4v) is 3.13. The minimum absolute atomic E-state index is 0.000444. The number of nitrogens with zero attached hydrogens (tertiary/aromatic N) is 1. The Hall–Kier alpha value is -2.07. The topological polar surface area (TPSA) is 61.8 Å². The minimum atomic E-state index is -3.32. The maximum Gasteiger partial charge on any atom is 0.365 e. The normalized spacial score (nSPS) is 12.2. The molecule has 0 radical (unpaired) electrons. The largest absolute Gasteiger partial charge is 0.395 e. The Morgan fingerprint density at radius 1 is 1.21 bits per heavy atom. The molecule has 1 atom stereocenters. The quantitative estimate of drug-likeness (QED) is 0.445. The van der Waals surface area contributed by atoms with Crippen LogP contribution in [0.25, 0.3) is 0 Å². The summed E-state index contributed by atoms with van der Waals surface area (Å²) in [6.45, 7) is -2.16. The van der Waals surface area contributed by atoms with E-state index in [0.29, 0.717) is 5.06 Å². The van der Waals surface area contributed by atoms with Gasteiger partial charge in [-0.1, -0.05) is 29.3 Å². The van der Waals surface area contributed by atoms with Crippen molar-refractivity contribution in [2.24, 2.45) is 0 Å². The van der Waals surface area contributed by atoms with E-state index in [9.17, 15) is 22.4 Å². The van der Waals surface area contributed by atoms with Gasteiger partial charge in [0.25, 0.3) is 0 Å². The molecule has 11 heteroatoms. The monoisotopic (exact) mass is 454 g/mol. The molecule has 1 unspecified atom stereocenters. The summed E-state index contributed by atoms with van der Waals surface area (Å²) < 4.78 is 53.9. The second kappa shape index (κ2) is 10.1. The first-order chi connectivity index (χ1) is 13.6. The van der Waals surface area contributed by atoms with Gasteiger partial charge in [-0.25, -0.2) is 13.8 Å². The third-order valence-electron chi connectivity index (χ3n) is 3.86. The number of anilines is 2. The standard InChI is InChI=1S/C18H16Cl2F4N2O3/c1-9(17(28)25-4-5-27)12-3-2-11(8-15(12)22)26(29-18(23)24)16-13(19)6-10(21)7-14(16)20/h2-3,6-9,18,27H,4-5H2,1H3,(H,25,28). The van der Waals surface area contributed by atoms with Crippen LogP contribution in [-0.4, -0.2) is 30.8 Å². The molecule has 2 N–H and O–H groups in total. The van der Waals surface area contributed by atoms with Crippen LogP contribution >= 0.6 is 23.2 Å². The second-order valence-electron chi connectivity index (χ2n) is 5.82. The van der Waals surface area contributed by atoms with Crippen molar-refractivity contribution in [3.63, 3.8) is 0 Å². The van der Waals surface area contributed by atoms with E-state index in [1.54, 1.807) is 0 Å². The molecular weight excluding hydrogens is 439 g/mol. The minimum Gasteiger partial charge on any atom is -0.395 e. The van der Waals surface area contributed by atoms with Crippen molar-refractivity contribution in [2.45, 2.75) is 19.5 Å². The maximum absolute atomic E-state index is 14.6. The average Bonchev–Trinajstić information content (AvgIpc) is 2.63. The van der Waals surface area contributed by atoms with E-state index in [1.165, 1.54) is 19.1 Å². The highest BCUT2D eigenvalue weighted by Crippen LogP contribution is 2.40. The van der Waals surface area contributed by atoms with Crippen molar-refractivity contribution < 1.29 is 32.3 Å². The Kier molecular flexibility index (Phi) is 8.09. The summed E-state index contributed by atoms with van der Waals surface area (Å²) in [4.78, 5) is 16.4. The number of rotatable bonds is 8. The van der Waals surface area contributed by atoms with Crippen LogP contribution in [0.1, 0.15) is 18.4 Å².